The number of carboxylic acids is 1. The first-order valence-corrected chi connectivity index (χ1v) is 6.49. The van der Waals surface area contributed by atoms with Crippen LogP contribution >= 0.6 is 0 Å². The predicted octanol–water partition coefficient (Wildman–Crippen LogP) is 3.35. The van der Waals surface area contributed by atoms with Crippen LogP contribution in [0.2, 0.25) is 0 Å². The number of hydrogen-bond acceptors (Lipinski definition) is 1. The zero-order valence-corrected chi connectivity index (χ0v) is 10.3. The Bertz CT molecular complexity index is 614. The standard InChI is InChI=1S/C16H16O2/c17-16(18)10-11-5-6-13-8-7-12-3-1-2-4-14(12)15(13)9-11/h5-9H,1-4,10H2,(H,17,18). The second kappa shape index (κ2) is 4.45. The molecule has 0 bridgehead atoms. The summed E-state index contributed by atoms with van der Waals surface area (Å²) in [6.07, 6.45) is 4.92. The van der Waals surface area contributed by atoms with E-state index in [1.165, 1.54) is 34.7 Å². The Morgan fingerprint density at radius 1 is 1.11 bits per heavy atom. The van der Waals surface area contributed by atoms with Crippen LogP contribution in [0.3, 0.4) is 0 Å². The van der Waals surface area contributed by atoms with Crippen molar-refractivity contribution in [1.29, 1.82) is 0 Å². The Balaban J connectivity index is 2.15. The minimum atomic E-state index is -0.765. The number of hydrogen-bond donors (Lipinski definition) is 1. The van der Waals surface area contributed by atoms with Crippen LogP contribution in [0.1, 0.15) is 29.5 Å². The lowest BCUT2D eigenvalue weighted by Gasteiger charge is -2.18. The molecule has 92 valence electrons. The summed E-state index contributed by atoms with van der Waals surface area (Å²) < 4.78 is 0. The molecule has 2 nitrogen and oxygen atoms in total. The van der Waals surface area contributed by atoms with Crippen molar-refractivity contribution in [2.24, 2.45) is 0 Å². The zero-order chi connectivity index (χ0) is 12.5. The first-order valence-electron chi connectivity index (χ1n) is 6.49. The van der Waals surface area contributed by atoms with E-state index in [-0.39, 0.29) is 6.42 Å². The SMILES string of the molecule is O=C(O)Cc1ccc2ccc3c(c2c1)CCCC3. The molecule has 2 heteroatoms. The number of benzene rings is 2. The molecule has 0 fully saturated rings. The van der Waals surface area contributed by atoms with E-state index in [9.17, 15) is 4.79 Å². The Hall–Kier alpha value is -1.83. The van der Waals surface area contributed by atoms with Crippen molar-refractivity contribution in [3.8, 4) is 0 Å². The lowest BCUT2D eigenvalue weighted by Crippen LogP contribution is -2.04. The molecule has 0 amide bonds. The van der Waals surface area contributed by atoms with Crippen LogP contribution in [0.4, 0.5) is 0 Å². The first kappa shape index (κ1) is 11.3. The van der Waals surface area contributed by atoms with Crippen molar-refractivity contribution in [3.05, 3.63) is 47.0 Å². The van der Waals surface area contributed by atoms with Gasteiger partial charge in [0.15, 0.2) is 0 Å². The predicted molar refractivity (Wildman–Crippen MR) is 71.9 cm³/mol. The van der Waals surface area contributed by atoms with Crippen LogP contribution in [-0.4, -0.2) is 11.1 Å². The van der Waals surface area contributed by atoms with Crippen LogP contribution < -0.4 is 0 Å². The summed E-state index contributed by atoms with van der Waals surface area (Å²) in [5, 5.41) is 11.4. The molecular formula is C16H16O2. The average molecular weight is 240 g/mol. The minimum absolute atomic E-state index is 0.111. The fourth-order valence-corrected chi connectivity index (χ4v) is 2.91. The van der Waals surface area contributed by atoms with Crippen LogP contribution in [0, 0.1) is 0 Å². The molecule has 1 aliphatic carbocycles. The van der Waals surface area contributed by atoms with E-state index in [4.69, 9.17) is 5.11 Å². The number of fused-ring (bicyclic) bond motifs is 3. The molecule has 0 saturated heterocycles. The van der Waals surface area contributed by atoms with Gasteiger partial charge in [0.25, 0.3) is 0 Å². The first-order chi connectivity index (χ1) is 8.74. The Morgan fingerprint density at radius 2 is 1.89 bits per heavy atom. The topological polar surface area (TPSA) is 37.3 Å². The third kappa shape index (κ3) is 1.99. The highest BCUT2D eigenvalue weighted by molar-refractivity contribution is 5.88. The second-order valence-corrected chi connectivity index (χ2v) is 5.04. The van der Waals surface area contributed by atoms with Gasteiger partial charge in [0, 0.05) is 0 Å². The van der Waals surface area contributed by atoms with Gasteiger partial charge in [0.2, 0.25) is 0 Å². The summed E-state index contributed by atoms with van der Waals surface area (Å²) in [6, 6.07) is 10.4. The maximum atomic E-state index is 10.8. The molecule has 1 aliphatic rings. The van der Waals surface area contributed by atoms with Gasteiger partial charge in [-0.05, 0) is 53.1 Å². The molecule has 0 radical (unpaired) electrons. The van der Waals surface area contributed by atoms with Crippen LogP contribution in [0.25, 0.3) is 10.8 Å². The van der Waals surface area contributed by atoms with E-state index in [1.807, 2.05) is 12.1 Å². The van der Waals surface area contributed by atoms with Crippen molar-refractivity contribution >= 4 is 16.7 Å². The molecule has 18 heavy (non-hydrogen) atoms. The molecule has 0 atom stereocenters. The van der Waals surface area contributed by atoms with E-state index < -0.39 is 5.97 Å². The monoisotopic (exact) mass is 240 g/mol. The molecule has 0 saturated carbocycles. The maximum absolute atomic E-state index is 10.8. The lowest BCUT2D eigenvalue weighted by atomic mass is 9.87. The minimum Gasteiger partial charge on any atom is -0.481 e. The quantitative estimate of drug-likeness (QED) is 0.874. The van der Waals surface area contributed by atoms with Gasteiger partial charge in [-0.1, -0.05) is 30.3 Å². The Kier molecular flexibility index (Phi) is 2.78. The smallest absolute Gasteiger partial charge is 0.307 e. The van der Waals surface area contributed by atoms with E-state index in [2.05, 4.69) is 18.2 Å². The summed E-state index contributed by atoms with van der Waals surface area (Å²) in [6.45, 7) is 0. The maximum Gasteiger partial charge on any atom is 0.307 e. The number of rotatable bonds is 2. The third-order valence-corrected chi connectivity index (χ3v) is 3.77. The van der Waals surface area contributed by atoms with Gasteiger partial charge in [-0.2, -0.15) is 0 Å². The molecule has 0 aromatic heterocycles. The van der Waals surface area contributed by atoms with Crippen molar-refractivity contribution in [2.45, 2.75) is 32.1 Å². The fourth-order valence-electron chi connectivity index (χ4n) is 2.91. The van der Waals surface area contributed by atoms with Gasteiger partial charge >= 0.3 is 5.97 Å². The van der Waals surface area contributed by atoms with Crippen molar-refractivity contribution in [2.75, 3.05) is 0 Å². The number of carbonyl (C=O) groups is 1. The lowest BCUT2D eigenvalue weighted by molar-refractivity contribution is -0.136. The molecule has 0 unspecified atom stereocenters. The van der Waals surface area contributed by atoms with E-state index in [1.54, 1.807) is 0 Å². The van der Waals surface area contributed by atoms with Gasteiger partial charge in [-0.3, -0.25) is 4.79 Å². The molecule has 0 aliphatic heterocycles. The third-order valence-electron chi connectivity index (χ3n) is 3.77. The van der Waals surface area contributed by atoms with Crippen molar-refractivity contribution in [1.82, 2.24) is 0 Å². The van der Waals surface area contributed by atoms with Gasteiger partial charge in [0.1, 0.15) is 0 Å². The molecule has 2 aromatic carbocycles. The molecule has 0 spiro atoms. The summed E-state index contributed by atoms with van der Waals surface area (Å²) in [5.41, 5.74) is 3.78. The van der Waals surface area contributed by atoms with Crippen molar-refractivity contribution in [3.63, 3.8) is 0 Å². The normalized spacial score (nSPS) is 14.4. The molecule has 3 rings (SSSR count). The average Bonchev–Trinajstić information content (AvgIpc) is 2.38. The highest BCUT2D eigenvalue weighted by atomic mass is 16.4. The highest BCUT2D eigenvalue weighted by Gasteiger charge is 2.12. The van der Waals surface area contributed by atoms with Gasteiger partial charge in [-0.25, -0.2) is 0 Å². The highest BCUT2D eigenvalue weighted by Crippen LogP contribution is 2.29. The van der Waals surface area contributed by atoms with E-state index in [0.717, 1.165) is 18.4 Å². The largest absolute Gasteiger partial charge is 0.481 e. The summed E-state index contributed by atoms with van der Waals surface area (Å²) in [4.78, 5) is 10.8. The molecular weight excluding hydrogens is 224 g/mol. The molecule has 1 N–H and O–H groups in total. The Labute approximate surface area is 106 Å². The summed E-state index contributed by atoms with van der Waals surface area (Å²) in [7, 11) is 0. The summed E-state index contributed by atoms with van der Waals surface area (Å²) in [5.74, 6) is -0.765. The number of aryl methyl sites for hydroxylation is 2. The second-order valence-electron chi connectivity index (χ2n) is 5.04. The summed E-state index contributed by atoms with van der Waals surface area (Å²) >= 11 is 0. The zero-order valence-electron chi connectivity index (χ0n) is 10.3. The fraction of sp³-hybridized carbons (Fsp3) is 0.312. The molecule has 0 heterocycles. The van der Waals surface area contributed by atoms with Crippen LogP contribution in [0.5, 0.6) is 0 Å². The number of carboxylic acid groups (broad SMARTS) is 1. The number of aliphatic carboxylic acids is 1. The van der Waals surface area contributed by atoms with E-state index in [0.29, 0.717) is 0 Å². The van der Waals surface area contributed by atoms with Crippen LogP contribution in [-0.2, 0) is 24.1 Å². The van der Waals surface area contributed by atoms with Gasteiger partial charge in [0.05, 0.1) is 6.42 Å². The molecule has 2 aromatic rings. The van der Waals surface area contributed by atoms with Gasteiger partial charge in [-0.15, -0.1) is 0 Å². The van der Waals surface area contributed by atoms with Crippen LogP contribution in [0.15, 0.2) is 30.3 Å². The van der Waals surface area contributed by atoms with Gasteiger partial charge < -0.3 is 5.11 Å². The Morgan fingerprint density at radius 3 is 2.72 bits per heavy atom. The van der Waals surface area contributed by atoms with E-state index >= 15 is 0 Å². The van der Waals surface area contributed by atoms with Crippen molar-refractivity contribution < 1.29 is 9.90 Å².